The summed E-state index contributed by atoms with van der Waals surface area (Å²) in [6, 6.07) is 12.9. The fraction of sp³-hybridized carbons (Fsp3) is 0.188. The van der Waals surface area contributed by atoms with E-state index in [0.717, 1.165) is 15.0 Å². The van der Waals surface area contributed by atoms with Crippen LogP contribution in [0.5, 0.6) is 0 Å². The molecule has 2 aromatic heterocycles. The lowest BCUT2D eigenvalue weighted by Gasteiger charge is -2.16. The third kappa shape index (κ3) is 2.58. The molecule has 0 radical (unpaired) electrons. The number of rotatable bonds is 3. The van der Waals surface area contributed by atoms with Gasteiger partial charge in [0, 0.05) is 22.1 Å². The van der Waals surface area contributed by atoms with Crippen molar-refractivity contribution in [2.45, 2.75) is 19.9 Å². The fourth-order valence-electron chi connectivity index (χ4n) is 2.31. The number of aryl methyl sites for hydroxylation is 1. The molecule has 1 unspecified atom stereocenters. The maximum Gasteiger partial charge on any atom is 0.0751 e. The summed E-state index contributed by atoms with van der Waals surface area (Å²) >= 11 is 5.28. The Morgan fingerprint density at radius 3 is 2.80 bits per heavy atom. The summed E-state index contributed by atoms with van der Waals surface area (Å²) in [7, 11) is 0. The summed E-state index contributed by atoms with van der Waals surface area (Å²) in [5.74, 6) is 0. The number of fused-ring (bicyclic) bond motifs is 1. The number of hydrogen-bond acceptors (Lipinski definition) is 3. The normalized spacial score (nSPS) is 12.6. The largest absolute Gasteiger partial charge is 0.377 e. The summed E-state index contributed by atoms with van der Waals surface area (Å²) in [5.41, 5.74) is 3.41. The van der Waals surface area contributed by atoms with Crippen LogP contribution >= 0.6 is 27.3 Å². The molecule has 0 amide bonds. The minimum absolute atomic E-state index is 0.275. The minimum Gasteiger partial charge on any atom is -0.377 e. The van der Waals surface area contributed by atoms with E-state index in [1.54, 1.807) is 11.3 Å². The highest BCUT2D eigenvalue weighted by Gasteiger charge is 2.10. The van der Waals surface area contributed by atoms with E-state index < -0.39 is 0 Å². The average molecular weight is 347 g/mol. The molecule has 3 aromatic rings. The number of benzene rings is 1. The van der Waals surface area contributed by atoms with Crippen molar-refractivity contribution in [3.8, 4) is 0 Å². The monoisotopic (exact) mass is 346 g/mol. The molecule has 0 saturated heterocycles. The summed E-state index contributed by atoms with van der Waals surface area (Å²) in [5, 5.41) is 4.77. The van der Waals surface area contributed by atoms with Crippen molar-refractivity contribution in [1.29, 1.82) is 0 Å². The summed E-state index contributed by atoms with van der Waals surface area (Å²) in [6.07, 6.45) is 1.85. The van der Waals surface area contributed by atoms with Crippen molar-refractivity contribution in [3.05, 3.63) is 56.8 Å². The second-order valence-corrected chi connectivity index (χ2v) is 7.33. The van der Waals surface area contributed by atoms with Crippen LogP contribution in [0.1, 0.15) is 23.4 Å². The second kappa shape index (κ2) is 5.54. The fourth-order valence-corrected chi connectivity index (χ4v) is 3.73. The first-order chi connectivity index (χ1) is 9.65. The zero-order valence-corrected chi connectivity index (χ0v) is 13.8. The quantitative estimate of drug-likeness (QED) is 0.673. The van der Waals surface area contributed by atoms with Crippen LogP contribution < -0.4 is 5.32 Å². The predicted molar refractivity (Wildman–Crippen MR) is 90.5 cm³/mol. The highest BCUT2D eigenvalue weighted by molar-refractivity contribution is 9.11. The van der Waals surface area contributed by atoms with Gasteiger partial charge >= 0.3 is 0 Å². The molecule has 0 fully saturated rings. The van der Waals surface area contributed by atoms with Gasteiger partial charge in [0.25, 0.3) is 0 Å². The SMILES string of the molecule is Cc1ccc(NC(C)c2ccc(Br)s2)c2cccnc12. The lowest BCUT2D eigenvalue weighted by atomic mass is 10.1. The molecule has 1 aromatic carbocycles. The molecule has 0 spiro atoms. The average Bonchev–Trinajstić information content (AvgIpc) is 2.89. The van der Waals surface area contributed by atoms with Crippen molar-refractivity contribution in [2.75, 3.05) is 5.32 Å². The van der Waals surface area contributed by atoms with E-state index in [1.165, 1.54) is 15.8 Å². The molecule has 1 N–H and O–H groups in total. The highest BCUT2D eigenvalue weighted by Crippen LogP contribution is 2.32. The molecule has 2 nitrogen and oxygen atoms in total. The Labute approximate surface area is 131 Å². The third-order valence-corrected chi connectivity index (χ3v) is 5.17. The van der Waals surface area contributed by atoms with Gasteiger partial charge in [-0.3, -0.25) is 4.98 Å². The molecule has 0 aliphatic carbocycles. The van der Waals surface area contributed by atoms with Gasteiger partial charge in [0.1, 0.15) is 0 Å². The zero-order chi connectivity index (χ0) is 14.1. The van der Waals surface area contributed by atoms with Gasteiger partial charge in [0.05, 0.1) is 15.3 Å². The van der Waals surface area contributed by atoms with Crippen LogP contribution in [0.25, 0.3) is 10.9 Å². The molecular weight excluding hydrogens is 332 g/mol. The Bertz CT molecular complexity index is 751. The maximum atomic E-state index is 4.48. The molecule has 4 heteroatoms. The van der Waals surface area contributed by atoms with Gasteiger partial charge in [0.15, 0.2) is 0 Å². The Morgan fingerprint density at radius 2 is 2.05 bits per heavy atom. The maximum absolute atomic E-state index is 4.48. The first kappa shape index (κ1) is 13.6. The van der Waals surface area contributed by atoms with Crippen molar-refractivity contribution in [3.63, 3.8) is 0 Å². The molecule has 102 valence electrons. The van der Waals surface area contributed by atoms with Crippen LogP contribution in [0.4, 0.5) is 5.69 Å². The second-order valence-electron chi connectivity index (χ2n) is 4.84. The topological polar surface area (TPSA) is 24.9 Å². The molecule has 0 saturated carbocycles. The first-order valence-electron chi connectivity index (χ1n) is 6.51. The van der Waals surface area contributed by atoms with Crippen LogP contribution in [-0.4, -0.2) is 4.98 Å². The van der Waals surface area contributed by atoms with E-state index in [0.29, 0.717) is 0 Å². The van der Waals surface area contributed by atoms with Gasteiger partial charge in [-0.2, -0.15) is 0 Å². The summed E-state index contributed by atoms with van der Waals surface area (Å²) in [6.45, 7) is 4.28. The lowest BCUT2D eigenvalue weighted by molar-refractivity contribution is 0.910. The third-order valence-electron chi connectivity index (χ3n) is 3.36. The van der Waals surface area contributed by atoms with E-state index in [-0.39, 0.29) is 6.04 Å². The molecule has 2 heterocycles. The van der Waals surface area contributed by atoms with Crippen LogP contribution in [0.2, 0.25) is 0 Å². The predicted octanol–water partition coefficient (Wildman–Crippen LogP) is 5.54. The molecule has 0 aliphatic heterocycles. The lowest BCUT2D eigenvalue weighted by Crippen LogP contribution is -2.05. The van der Waals surface area contributed by atoms with Crippen molar-refractivity contribution in [2.24, 2.45) is 0 Å². The van der Waals surface area contributed by atoms with Gasteiger partial charge in [-0.15, -0.1) is 11.3 Å². The Hall–Kier alpha value is -1.39. The Morgan fingerprint density at radius 1 is 1.20 bits per heavy atom. The minimum atomic E-state index is 0.275. The Kier molecular flexibility index (Phi) is 3.76. The number of pyridine rings is 1. The van der Waals surface area contributed by atoms with E-state index in [1.807, 2.05) is 12.3 Å². The molecule has 20 heavy (non-hydrogen) atoms. The van der Waals surface area contributed by atoms with Crippen LogP contribution in [0.15, 0.2) is 46.4 Å². The van der Waals surface area contributed by atoms with Gasteiger partial charge < -0.3 is 5.32 Å². The standard InChI is InChI=1S/C16H15BrN2S/c1-10-5-6-13(12-4-3-9-18-16(10)12)19-11(2)14-7-8-15(17)20-14/h3-9,11,19H,1-2H3. The van der Waals surface area contributed by atoms with Gasteiger partial charge in [-0.25, -0.2) is 0 Å². The highest BCUT2D eigenvalue weighted by atomic mass is 79.9. The number of nitrogens with zero attached hydrogens (tertiary/aromatic N) is 1. The summed E-state index contributed by atoms with van der Waals surface area (Å²) in [4.78, 5) is 5.79. The van der Waals surface area contributed by atoms with Crippen molar-refractivity contribution < 1.29 is 0 Å². The first-order valence-corrected chi connectivity index (χ1v) is 8.12. The summed E-state index contributed by atoms with van der Waals surface area (Å²) < 4.78 is 1.16. The number of thiophene rings is 1. The molecule has 1 atom stereocenters. The van der Waals surface area contributed by atoms with Gasteiger partial charge in [-0.1, -0.05) is 6.07 Å². The van der Waals surface area contributed by atoms with Crippen LogP contribution in [0, 0.1) is 6.92 Å². The van der Waals surface area contributed by atoms with E-state index in [9.17, 15) is 0 Å². The number of nitrogens with one attached hydrogen (secondary N) is 1. The molecule has 3 rings (SSSR count). The number of anilines is 1. The zero-order valence-electron chi connectivity index (χ0n) is 11.4. The number of halogens is 1. The van der Waals surface area contributed by atoms with Crippen molar-refractivity contribution >= 4 is 43.9 Å². The number of hydrogen-bond donors (Lipinski definition) is 1. The van der Waals surface area contributed by atoms with Crippen LogP contribution in [0.3, 0.4) is 0 Å². The Balaban J connectivity index is 1.97. The molecular formula is C16H15BrN2S. The van der Waals surface area contributed by atoms with Crippen LogP contribution in [-0.2, 0) is 0 Å². The van der Waals surface area contributed by atoms with E-state index in [2.05, 4.69) is 70.4 Å². The molecule has 0 bridgehead atoms. The van der Waals surface area contributed by atoms with E-state index in [4.69, 9.17) is 0 Å². The molecule has 0 aliphatic rings. The van der Waals surface area contributed by atoms with E-state index >= 15 is 0 Å². The van der Waals surface area contributed by atoms with Gasteiger partial charge in [-0.05, 0) is 65.7 Å². The smallest absolute Gasteiger partial charge is 0.0751 e. The number of aromatic nitrogens is 1. The van der Waals surface area contributed by atoms with Crippen molar-refractivity contribution in [1.82, 2.24) is 4.98 Å². The van der Waals surface area contributed by atoms with Gasteiger partial charge in [0.2, 0.25) is 0 Å².